The molecule has 0 aliphatic carbocycles. The van der Waals surface area contributed by atoms with E-state index >= 15 is 0 Å². The second-order valence-electron chi connectivity index (χ2n) is 16.0. The summed E-state index contributed by atoms with van der Waals surface area (Å²) < 4.78 is 4.86. The van der Waals surface area contributed by atoms with E-state index in [0.29, 0.717) is 17.5 Å². The van der Waals surface area contributed by atoms with E-state index in [1.807, 2.05) is 18.2 Å². The van der Waals surface area contributed by atoms with Crippen LogP contribution in [0.1, 0.15) is 0 Å². The molecule has 0 atom stereocenters. The molecule has 0 N–H and O–H groups in total. The molecule has 0 spiro atoms. The largest absolute Gasteiger partial charge is 0.309 e. The summed E-state index contributed by atoms with van der Waals surface area (Å²) in [4.78, 5) is 15.4. The van der Waals surface area contributed by atoms with Crippen molar-refractivity contribution in [2.45, 2.75) is 0 Å². The average Bonchev–Trinajstić information content (AvgIpc) is 3.87. The molecule has 13 rings (SSSR count). The lowest BCUT2D eigenvalue weighted by Gasteiger charge is -2.13. The monoisotopic (exact) mass is 789 g/mol. The zero-order valence-corrected chi connectivity index (χ0v) is 33.4. The molecule has 0 aliphatic heterocycles. The molecule has 0 bridgehead atoms. The van der Waals surface area contributed by atoms with Crippen LogP contribution in [0.2, 0.25) is 0 Å². The Hall–Kier alpha value is -8.41. The van der Waals surface area contributed by atoms with Crippen LogP contribution in [0.5, 0.6) is 0 Å². The van der Waals surface area contributed by atoms with Gasteiger partial charge in [-0.15, -0.1) is 0 Å². The first-order valence-corrected chi connectivity index (χ1v) is 21.0. The number of benzene rings is 10. The van der Waals surface area contributed by atoms with Crippen LogP contribution in [0, 0.1) is 0 Å². The van der Waals surface area contributed by atoms with Crippen molar-refractivity contribution in [1.29, 1.82) is 0 Å². The number of rotatable bonds is 5. The van der Waals surface area contributed by atoms with Gasteiger partial charge in [-0.25, -0.2) is 15.0 Å². The highest BCUT2D eigenvalue weighted by atomic mass is 15.0. The van der Waals surface area contributed by atoms with Crippen LogP contribution in [0.3, 0.4) is 0 Å². The van der Waals surface area contributed by atoms with E-state index in [-0.39, 0.29) is 0 Å². The van der Waals surface area contributed by atoms with Crippen molar-refractivity contribution in [3.05, 3.63) is 212 Å². The zero-order chi connectivity index (χ0) is 40.7. The molecule has 0 amide bonds. The fourth-order valence-electron chi connectivity index (χ4n) is 9.74. The van der Waals surface area contributed by atoms with Gasteiger partial charge in [0.1, 0.15) is 0 Å². The Balaban J connectivity index is 1.03. The third kappa shape index (κ3) is 5.25. The number of fused-ring (bicyclic) bond motifs is 11. The van der Waals surface area contributed by atoms with Gasteiger partial charge in [-0.3, -0.25) is 0 Å². The zero-order valence-electron chi connectivity index (χ0n) is 33.4. The van der Waals surface area contributed by atoms with E-state index in [1.54, 1.807) is 0 Å². The van der Waals surface area contributed by atoms with Gasteiger partial charge in [0, 0.05) is 49.6 Å². The molecule has 5 heteroatoms. The minimum Gasteiger partial charge on any atom is -0.309 e. The molecule has 13 aromatic rings. The van der Waals surface area contributed by atoms with Gasteiger partial charge in [0.2, 0.25) is 0 Å². The molecule has 62 heavy (non-hydrogen) atoms. The normalized spacial score (nSPS) is 11.9. The van der Waals surface area contributed by atoms with Gasteiger partial charge in [-0.1, -0.05) is 158 Å². The van der Waals surface area contributed by atoms with Gasteiger partial charge in [0.15, 0.2) is 17.5 Å². The van der Waals surface area contributed by atoms with Crippen molar-refractivity contribution in [3.8, 4) is 45.5 Å². The standard InChI is InChI=1S/C57H35N5/c1-3-16-38(17-4-1)55-58-56(41-27-26-36-14-7-8-18-39(36)34-41)60-57(59-55)46-24-13-19-40-35-43(29-30-44(40)46)62-48-25-12-11-23-47(48)53-50(62)32-33-51-54(53)52-45-22-10-9-15-37(45)28-31-49(52)61(51)42-20-5-2-6-21-42/h1-35H. The molecule has 0 saturated heterocycles. The molecule has 5 nitrogen and oxygen atoms in total. The molecular formula is C57H35N5. The SMILES string of the molecule is c1ccc(-c2nc(-c3ccc4ccccc4c3)nc(-c3cccc4cc(-n5c6ccccc6c6c7c8c9ccccc9ccc8n(-c8ccccc8)c7ccc65)ccc34)n2)cc1. The number of para-hydroxylation sites is 2. The first-order chi connectivity index (χ1) is 30.7. The summed E-state index contributed by atoms with van der Waals surface area (Å²) in [6.45, 7) is 0. The summed E-state index contributed by atoms with van der Waals surface area (Å²) in [5, 5.41) is 12.0. The van der Waals surface area contributed by atoms with E-state index in [4.69, 9.17) is 15.0 Å². The molecule has 0 fully saturated rings. The van der Waals surface area contributed by atoms with Crippen molar-refractivity contribution < 1.29 is 0 Å². The average molecular weight is 790 g/mol. The van der Waals surface area contributed by atoms with Gasteiger partial charge >= 0.3 is 0 Å². The van der Waals surface area contributed by atoms with Crippen LogP contribution in [0.15, 0.2) is 212 Å². The summed E-state index contributed by atoms with van der Waals surface area (Å²) in [6.07, 6.45) is 0. The number of hydrogen-bond acceptors (Lipinski definition) is 3. The third-order valence-electron chi connectivity index (χ3n) is 12.5. The number of hydrogen-bond donors (Lipinski definition) is 0. The minimum atomic E-state index is 0.640. The summed E-state index contributed by atoms with van der Waals surface area (Å²) in [5.41, 5.74) is 9.81. The molecule has 0 saturated carbocycles. The van der Waals surface area contributed by atoms with E-state index < -0.39 is 0 Å². The minimum absolute atomic E-state index is 0.640. The first-order valence-electron chi connectivity index (χ1n) is 21.0. The predicted octanol–water partition coefficient (Wildman–Crippen LogP) is 14.5. The summed E-state index contributed by atoms with van der Waals surface area (Å²) in [7, 11) is 0. The highest BCUT2D eigenvalue weighted by Crippen LogP contribution is 2.45. The lowest BCUT2D eigenvalue weighted by atomic mass is 10.0. The van der Waals surface area contributed by atoms with Crippen LogP contribution in [0.4, 0.5) is 0 Å². The highest BCUT2D eigenvalue weighted by molar-refractivity contribution is 6.33. The Kier molecular flexibility index (Phi) is 7.54. The van der Waals surface area contributed by atoms with E-state index in [2.05, 4.69) is 203 Å². The number of aromatic nitrogens is 5. The van der Waals surface area contributed by atoms with Gasteiger partial charge in [-0.05, 0) is 86.9 Å². The quantitative estimate of drug-likeness (QED) is 0.174. The van der Waals surface area contributed by atoms with Crippen LogP contribution in [-0.2, 0) is 0 Å². The lowest BCUT2D eigenvalue weighted by Crippen LogP contribution is -2.01. The Morgan fingerprint density at radius 2 is 0.855 bits per heavy atom. The van der Waals surface area contributed by atoms with Gasteiger partial charge in [0.05, 0.1) is 22.1 Å². The molecule has 0 unspecified atom stereocenters. The maximum absolute atomic E-state index is 5.18. The predicted molar refractivity (Wildman–Crippen MR) is 257 cm³/mol. The van der Waals surface area contributed by atoms with Crippen LogP contribution in [0.25, 0.3) is 121 Å². The van der Waals surface area contributed by atoms with Gasteiger partial charge in [0.25, 0.3) is 0 Å². The Labute approximate surface area is 356 Å². The molecule has 0 radical (unpaired) electrons. The fraction of sp³-hybridized carbons (Fsp3) is 0. The highest BCUT2D eigenvalue weighted by Gasteiger charge is 2.22. The van der Waals surface area contributed by atoms with Crippen LogP contribution >= 0.6 is 0 Å². The van der Waals surface area contributed by atoms with Crippen LogP contribution < -0.4 is 0 Å². The molecule has 288 valence electrons. The van der Waals surface area contributed by atoms with Crippen molar-refractivity contribution in [2.24, 2.45) is 0 Å². The van der Waals surface area contributed by atoms with Crippen molar-refractivity contribution in [1.82, 2.24) is 24.1 Å². The van der Waals surface area contributed by atoms with Crippen molar-refractivity contribution in [2.75, 3.05) is 0 Å². The fourth-order valence-corrected chi connectivity index (χ4v) is 9.74. The Morgan fingerprint density at radius 3 is 1.68 bits per heavy atom. The van der Waals surface area contributed by atoms with Gasteiger partial charge < -0.3 is 9.13 Å². The summed E-state index contributed by atoms with van der Waals surface area (Å²) in [5.74, 6) is 1.93. The van der Waals surface area contributed by atoms with E-state index in [9.17, 15) is 0 Å². The molecule has 3 aromatic heterocycles. The third-order valence-corrected chi connectivity index (χ3v) is 12.5. The molecular weight excluding hydrogens is 755 g/mol. The molecule has 3 heterocycles. The van der Waals surface area contributed by atoms with E-state index in [1.165, 1.54) is 54.3 Å². The Morgan fingerprint density at radius 1 is 0.274 bits per heavy atom. The number of nitrogens with zero attached hydrogens (tertiary/aromatic N) is 5. The second kappa shape index (κ2) is 13.6. The van der Waals surface area contributed by atoms with Crippen molar-refractivity contribution in [3.63, 3.8) is 0 Å². The lowest BCUT2D eigenvalue weighted by molar-refractivity contribution is 1.08. The molecule has 10 aromatic carbocycles. The Bertz CT molecular complexity index is 3920. The second-order valence-corrected chi connectivity index (χ2v) is 16.0. The maximum atomic E-state index is 5.18. The summed E-state index contributed by atoms with van der Waals surface area (Å²) in [6, 6.07) is 75.7. The van der Waals surface area contributed by atoms with Crippen molar-refractivity contribution >= 4 is 75.9 Å². The van der Waals surface area contributed by atoms with Gasteiger partial charge in [-0.2, -0.15) is 0 Å². The van der Waals surface area contributed by atoms with Crippen LogP contribution in [-0.4, -0.2) is 24.1 Å². The first kappa shape index (κ1) is 34.5. The van der Waals surface area contributed by atoms with E-state index in [0.717, 1.165) is 49.7 Å². The maximum Gasteiger partial charge on any atom is 0.164 e. The topological polar surface area (TPSA) is 48.5 Å². The smallest absolute Gasteiger partial charge is 0.164 e. The molecule has 0 aliphatic rings. The summed E-state index contributed by atoms with van der Waals surface area (Å²) >= 11 is 0.